The van der Waals surface area contributed by atoms with Gasteiger partial charge in [-0.25, -0.2) is 0 Å². The zero-order chi connectivity index (χ0) is 15.7. The van der Waals surface area contributed by atoms with Gasteiger partial charge in [0.1, 0.15) is 10.5 Å². The highest BCUT2D eigenvalue weighted by Gasteiger charge is 2.48. The number of fused-ring (bicyclic) bond motifs is 1. The molecule has 0 radical (unpaired) electrons. The van der Waals surface area contributed by atoms with Gasteiger partial charge in [0.05, 0.1) is 0 Å². The van der Waals surface area contributed by atoms with Gasteiger partial charge < -0.3 is 0 Å². The molecule has 0 bridgehead atoms. The van der Waals surface area contributed by atoms with E-state index < -0.39 is 16.0 Å². The summed E-state index contributed by atoms with van der Waals surface area (Å²) in [5, 5.41) is 0.713. The van der Waals surface area contributed by atoms with Gasteiger partial charge in [-0.2, -0.15) is 0 Å². The molecule has 1 heterocycles. The molecule has 0 saturated heterocycles. The molecule has 3 aromatic rings. The van der Waals surface area contributed by atoms with Crippen molar-refractivity contribution in [3.05, 3.63) is 60.2 Å². The summed E-state index contributed by atoms with van der Waals surface area (Å²) in [6.45, 7) is 1.99. The van der Waals surface area contributed by atoms with E-state index in [1.165, 1.54) is 0 Å². The van der Waals surface area contributed by atoms with E-state index in [0.29, 0.717) is 26.9 Å². The molecule has 0 aliphatic carbocycles. The summed E-state index contributed by atoms with van der Waals surface area (Å²) in [6.07, 6.45) is 1.52. The molecule has 1 unspecified atom stereocenters. The highest BCUT2D eigenvalue weighted by molar-refractivity contribution is 7.41. The van der Waals surface area contributed by atoms with E-state index in [4.69, 9.17) is 0 Å². The van der Waals surface area contributed by atoms with Crippen LogP contribution in [-0.4, -0.2) is 0 Å². The van der Waals surface area contributed by atoms with Crippen LogP contribution in [0.15, 0.2) is 54.6 Å². The zero-order valence-electron chi connectivity index (χ0n) is 12.2. The number of halogens is 3. The molecule has 1 atom stereocenters. The fourth-order valence-electron chi connectivity index (χ4n) is 2.79. The Morgan fingerprint density at radius 2 is 1.68 bits per heavy atom. The summed E-state index contributed by atoms with van der Waals surface area (Å²) < 4.78 is 41.8. The Bertz CT molecular complexity index is 785. The van der Waals surface area contributed by atoms with Crippen molar-refractivity contribution in [3.8, 4) is 10.4 Å². The molecule has 0 amide bonds. The van der Waals surface area contributed by atoms with Crippen LogP contribution < -0.4 is 0 Å². The summed E-state index contributed by atoms with van der Waals surface area (Å²) in [5.41, 5.74) is -2.78. The molecule has 0 aliphatic rings. The molecule has 3 rings (SSSR count). The third-order valence-corrected chi connectivity index (χ3v) is 5.81. The van der Waals surface area contributed by atoms with Gasteiger partial charge in [-0.3, -0.25) is 0 Å². The van der Waals surface area contributed by atoms with Gasteiger partial charge >= 0.3 is 5.51 Å². The van der Waals surface area contributed by atoms with E-state index in [0.717, 1.165) is 12.0 Å². The Kier molecular flexibility index (Phi) is 3.96. The second-order valence-electron chi connectivity index (χ2n) is 5.21. The maximum absolute atomic E-state index is 13.8. The minimum absolute atomic E-state index is 0.381. The molecule has 0 saturated carbocycles. The Labute approximate surface area is 130 Å². The Morgan fingerprint density at radius 1 is 0.955 bits per heavy atom. The van der Waals surface area contributed by atoms with Crippen LogP contribution in [-0.2, 0) is 11.9 Å². The third-order valence-electron chi connectivity index (χ3n) is 3.65. The van der Waals surface area contributed by atoms with Crippen molar-refractivity contribution in [1.82, 2.24) is 0 Å². The minimum atomic E-state index is -4.25. The fourth-order valence-corrected chi connectivity index (χ4v) is 4.90. The zero-order valence-corrected chi connectivity index (χ0v) is 13.0. The van der Waals surface area contributed by atoms with Crippen LogP contribution in [0.5, 0.6) is 0 Å². The Balaban J connectivity index is 2.36. The van der Waals surface area contributed by atoms with Gasteiger partial charge in [0.2, 0.25) is 0 Å². The van der Waals surface area contributed by atoms with Crippen molar-refractivity contribution >= 4 is 20.6 Å². The monoisotopic (exact) mass is 321 g/mol. The lowest BCUT2D eigenvalue weighted by atomic mass is 10.1. The molecule has 0 nitrogen and oxygen atoms in total. The van der Waals surface area contributed by atoms with Gasteiger partial charge in [-0.15, -0.1) is 13.2 Å². The quantitative estimate of drug-likeness (QED) is 0.472. The van der Waals surface area contributed by atoms with Crippen molar-refractivity contribution in [3.63, 3.8) is 0 Å². The normalized spacial score (nSPS) is 12.8. The number of benzene rings is 2. The predicted molar refractivity (Wildman–Crippen MR) is 87.2 cm³/mol. The van der Waals surface area contributed by atoms with Crippen molar-refractivity contribution in [1.29, 1.82) is 0 Å². The topological polar surface area (TPSA) is 0 Å². The molecule has 22 heavy (non-hydrogen) atoms. The molecule has 114 valence electrons. The van der Waals surface area contributed by atoms with E-state index in [9.17, 15) is 13.2 Å². The number of thiophene rings is 1. The van der Waals surface area contributed by atoms with Gasteiger partial charge in [0.25, 0.3) is 0 Å². The van der Waals surface area contributed by atoms with Crippen molar-refractivity contribution < 1.29 is 13.2 Å². The number of rotatable bonds is 3. The second kappa shape index (κ2) is 5.76. The first-order valence-electron chi connectivity index (χ1n) is 7.22. The Hall–Kier alpha value is -1.81. The molecular formula is C18H16F3S+. The average molecular weight is 321 g/mol. The first-order chi connectivity index (χ1) is 10.5. The summed E-state index contributed by atoms with van der Waals surface area (Å²) in [6, 6.07) is 16.1. The highest BCUT2D eigenvalue weighted by atomic mass is 32.2. The molecule has 2 aromatic carbocycles. The first kappa shape index (κ1) is 15.1. The average Bonchev–Trinajstić information content (AvgIpc) is 2.89. The van der Waals surface area contributed by atoms with Gasteiger partial charge in [0.15, 0.2) is 9.58 Å². The van der Waals surface area contributed by atoms with E-state index in [1.54, 1.807) is 36.4 Å². The molecule has 4 heteroatoms. The maximum Gasteiger partial charge on any atom is 0.601 e. The number of hydrogen-bond donors (Lipinski definition) is 0. The van der Waals surface area contributed by atoms with E-state index in [-0.39, 0.29) is 0 Å². The molecule has 0 N–H and O–H groups in total. The second-order valence-corrected chi connectivity index (χ2v) is 7.14. The summed E-state index contributed by atoms with van der Waals surface area (Å²) in [4.78, 5) is 0.381. The minimum Gasteiger partial charge on any atom is -0.118 e. The van der Waals surface area contributed by atoms with Crippen LogP contribution in [0.2, 0.25) is 0 Å². The van der Waals surface area contributed by atoms with Crippen LogP contribution in [0, 0.1) is 0 Å². The lowest BCUT2D eigenvalue weighted by Crippen LogP contribution is -1.98. The third kappa shape index (κ3) is 2.63. The molecule has 0 fully saturated rings. The SMILES string of the molecule is CCCc1cccc2cc(-c3ccccc3)[s+](C(F)(F)F)c12. The lowest BCUT2D eigenvalue weighted by Gasteiger charge is -2.03. The Morgan fingerprint density at radius 3 is 2.32 bits per heavy atom. The van der Waals surface area contributed by atoms with Crippen LogP contribution in [0.4, 0.5) is 13.2 Å². The number of alkyl halides is 3. The predicted octanol–water partition coefficient (Wildman–Crippen LogP) is 6.68. The van der Waals surface area contributed by atoms with Crippen LogP contribution >= 0.6 is 10.5 Å². The van der Waals surface area contributed by atoms with Crippen molar-refractivity contribution in [2.45, 2.75) is 25.3 Å². The first-order valence-corrected chi connectivity index (χ1v) is 8.45. The summed E-state index contributed by atoms with van der Waals surface area (Å²) in [7, 11) is -1.86. The van der Waals surface area contributed by atoms with E-state index >= 15 is 0 Å². The van der Waals surface area contributed by atoms with E-state index in [2.05, 4.69) is 0 Å². The van der Waals surface area contributed by atoms with Gasteiger partial charge in [-0.05, 0) is 24.6 Å². The largest absolute Gasteiger partial charge is 0.601 e. The van der Waals surface area contributed by atoms with Crippen molar-refractivity contribution in [2.75, 3.05) is 0 Å². The maximum atomic E-state index is 13.8. The molecule has 1 aromatic heterocycles. The molecule has 0 aliphatic heterocycles. The van der Waals surface area contributed by atoms with Crippen LogP contribution in [0.25, 0.3) is 20.5 Å². The lowest BCUT2D eigenvalue weighted by molar-refractivity contribution is -0.0864. The van der Waals surface area contributed by atoms with Gasteiger partial charge in [0, 0.05) is 22.6 Å². The van der Waals surface area contributed by atoms with E-state index in [1.807, 2.05) is 25.1 Å². The highest BCUT2D eigenvalue weighted by Crippen LogP contribution is 2.55. The number of aryl methyl sites for hydroxylation is 1. The summed E-state index contributed by atoms with van der Waals surface area (Å²) >= 11 is 0. The smallest absolute Gasteiger partial charge is 0.118 e. The van der Waals surface area contributed by atoms with Crippen LogP contribution in [0.1, 0.15) is 18.9 Å². The summed E-state index contributed by atoms with van der Waals surface area (Å²) in [5.74, 6) is 0. The van der Waals surface area contributed by atoms with Crippen molar-refractivity contribution in [2.24, 2.45) is 0 Å². The fraction of sp³-hybridized carbons (Fsp3) is 0.222. The van der Waals surface area contributed by atoms with Gasteiger partial charge in [-0.1, -0.05) is 43.7 Å². The number of hydrogen-bond acceptors (Lipinski definition) is 0. The molecule has 0 spiro atoms. The standard InChI is InChI=1S/C18H16F3S/c1-2-7-14-10-6-11-15-12-16(13-8-4-3-5-9-13)22(17(14)15)18(19,20)21/h3-6,8-12H,2,7H2,1H3/q+1. The molecular weight excluding hydrogens is 305 g/mol. The van der Waals surface area contributed by atoms with Crippen LogP contribution in [0.3, 0.4) is 0 Å².